The lowest BCUT2D eigenvalue weighted by molar-refractivity contribution is -0.120. The van der Waals surface area contributed by atoms with Crippen LogP contribution < -0.4 is 16.0 Å². The average Bonchev–Trinajstić information content (AvgIpc) is 2.36. The van der Waals surface area contributed by atoms with Crippen LogP contribution in [0.5, 0.6) is 0 Å². The van der Waals surface area contributed by atoms with Crippen molar-refractivity contribution in [3.05, 3.63) is 29.8 Å². The Morgan fingerprint density at radius 2 is 1.85 bits per heavy atom. The molecule has 0 heterocycles. The van der Waals surface area contributed by atoms with Crippen LogP contribution >= 0.6 is 0 Å². The number of carbonyl (C=O) groups excluding carboxylic acids is 2. The molecule has 0 spiro atoms. The summed E-state index contributed by atoms with van der Waals surface area (Å²) in [4.78, 5) is 33.9. The summed E-state index contributed by atoms with van der Waals surface area (Å²) in [6.45, 7) is 3.43. The van der Waals surface area contributed by atoms with Crippen molar-refractivity contribution in [2.24, 2.45) is 0 Å². The second kappa shape index (κ2) is 7.13. The molecule has 7 heteroatoms. The first-order valence-corrected chi connectivity index (χ1v) is 6.06. The van der Waals surface area contributed by atoms with Gasteiger partial charge in [-0.2, -0.15) is 0 Å². The molecule has 1 rings (SSSR count). The van der Waals surface area contributed by atoms with E-state index < -0.39 is 12.0 Å². The predicted molar refractivity (Wildman–Crippen MR) is 73.7 cm³/mol. The van der Waals surface area contributed by atoms with Crippen LogP contribution in [0.25, 0.3) is 0 Å². The van der Waals surface area contributed by atoms with E-state index in [0.29, 0.717) is 0 Å². The van der Waals surface area contributed by atoms with E-state index in [0.717, 1.165) is 0 Å². The summed E-state index contributed by atoms with van der Waals surface area (Å²) in [6, 6.07) is 5.36. The number of carboxylic acid groups (broad SMARTS) is 1. The first-order chi connectivity index (χ1) is 9.40. The number of hydrogen-bond donors (Lipinski definition) is 4. The smallest absolute Gasteiger partial charge is 0.337 e. The minimum Gasteiger partial charge on any atom is -0.478 e. The van der Waals surface area contributed by atoms with E-state index in [-0.39, 0.29) is 29.7 Å². The van der Waals surface area contributed by atoms with Gasteiger partial charge in [-0.25, -0.2) is 9.59 Å². The standard InChI is InChI=1S/C13H17N3O4/c1-8(2)15-11(17)7-14-13(20)16-10-6-4-3-5-9(10)12(18)19/h3-6,8H,7H2,1-2H3,(H,15,17)(H,18,19)(H2,14,16,20). The van der Waals surface area contributed by atoms with Gasteiger partial charge in [0.05, 0.1) is 17.8 Å². The lowest BCUT2D eigenvalue weighted by Gasteiger charge is -2.11. The van der Waals surface area contributed by atoms with Gasteiger partial charge in [0, 0.05) is 6.04 Å². The molecule has 1 aromatic carbocycles. The fraction of sp³-hybridized carbons (Fsp3) is 0.308. The summed E-state index contributed by atoms with van der Waals surface area (Å²) >= 11 is 0. The molecular formula is C13H17N3O4. The van der Waals surface area contributed by atoms with Gasteiger partial charge in [0.15, 0.2) is 0 Å². The van der Waals surface area contributed by atoms with Gasteiger partial charge in [0.2, 0.25) is 5.91 Å². The minimum atomic E-state index is -1.14. The van der Waals surface area contributed by atoms with E-state index >= 15 is 0 Å². The van der Waals surface area contributed by atoms with Gasteiger partial charge < -0.3 is 21.1 Å². The number of hydrogen-bond acceptors (Lipinski definition) is 3. The third kappa shape index (κ3) is 4.97. The number of para-hydroxylation sites is 1. The van der Waals surface area contributed by atoms with Crippen molar-refractivity contribution in [1.82, 2.24) is 10.6 Å². The second-order valence-electron chi connectivity index (χ2n) is 4.38. The molecule has 0 saturated carbocycles. The van der Waals surface area contributed by atoms with Crippen molar-refractivity contribution >= 4 is 23.6 Å². The maximum atomic E-state index is 11.6. The summed E-state index contributed by atoms with van der Waals surface area (Å²) in [5, 5.41) is 16.3. The highest BCUT2D eigenvalue weighted by Gasteiger charge is 2.12. The number of anilines is 1. The molecule has 0 fully saturated rings. The van der Waals surface area contributed by atoms with E-state index in [2.05, 4.69) is 16.0 Å². The summed E-state index contributed by atoms with van der Waals surface area (Å²) in [7, 11) is 0. The number of aromatic carboxylic acids is 1. The number of urea groups is 1. The van der Waals surface area contributed by atoms with Gasteiger partial charge in [-0.3, -0.25) is 4.79 Å². The second-order valence-corrected chi connectivity index (χ2v) is 4.38. The third-order valence-electron chi connectivity index (χ3n) is 2.26. The van der Waals surface area contributed by atoms with Crippen molar-refractivity contribution in [2.75, 3.05) is 11.9 Å². The zero-order chi connectivity index (χ0) is 15.1. The van der Waals surface area contributed by atoms with Crippen molar-refractivity contribution < 1.29 is 19.5 Å². The summed E-state index contributed by atoms with van der Waals surface area (Å²) in [5.74, 6) is -1.46. The lowest BCUT2D eigenvalue weighted by atomic mass is 10.2. The van der Waals surface area contributed by atoms with Crippen LogP contribution in [0.3, 0.4) is 0 Å². The predicted octanol–water partition coefficient (Wildman–Crippen LogP) is 1.03. The van der Waals surface area contributed by atoms with Crippen molar-refractivity contribution in [1.29, 1.82) is 0 Å². The molecule has 0 radical (unpaired) electrons. The highest BCUT2D eigenvalue weighted by Crippen LogP contribution is 2.14. The largest absolute Gasteiger partial charge is 0.478 e. The highest BCUT2D eigenvalue weighted by atomic mass is 16.4. The lowest BCUT2D eigenvalue weighted by Crippen LogP contribution is -2.41. The molecule has 4 N–H and O–H groups in total. The molecule has 7 nitrogen and oxygen atoms in total. The molecule has 0 aliphatic rings. The van der Waals surface area contributed by atoms with Crippen molar-refractivity contribution in [3.8, 4) is 0 Å². The SMILES string of the molecule is CC(C)NC(=O)CNC(=O)Nc1ccccc1C(=O)O. The summed E-state index contributed by atoms with van der Waals surface area (Å²) in [5.41, 5.74) is 0.149. The van der Waals surface area contributed by atoms with Crippen LogP contribution in [0, 0.1) is 0 Å². The molecular weight excluding hydrogens is 262 g/mol. The Bertz CT molecular complexity index is 514. The molecule has 0 aromatic heterocycles. The quantitative estimate of drug-likeness (QED) is 0.645. The molecule has 20 heavy (non-hydrogen) atoms. The van der Waals surface area contributed by atoms with E-state index in [4.69, 9.17) is 5.11 Å². The van der Waals surface area contributed by atoms with Crippen molar-refractivity contribution in [2.45, 2.75) is 19.9 Å². The molecule has 0 bridgehead atoms. The number of benzene rings is 1. The maximum Gasteiger partial charge on any atom is 0.337 e. The molecule has 0 saturated heterocycles. The van der Waals surface area contributed by atoms with E-state index in [1.54, 1.807) is 26.0 Å². The Hall–Kier alpha value is -2.57. The van der Waals surface area contributed by atoms with Gasteiger partial charge in [-0.1, -0.05) is 12.1 Å². The molecule has 0 aliphatic carbocycles. The third-order valence-corrected chi connectivity index (χ3v) is 2.26. The average molecular weight is 279 g/mol. The molecule has 1 aromatic rings. The van der Waals surface area contributed by atoms with Crippen LogP contribution in [-0.2, 0) is 4.79 Å². The first kappa shape index (κ1) is 15.5. The molecule has 108 valence electrons. The first-order valence-electron chi connectivity index (χ1n) is 6.06. The highest BCUT2D eigenvalue weighted by molar-refractivity contribution is 6.00. The Morgan fingerprint density at radius 1 is 1.20 bits per heavy atom. The van der Waals surface area contributed by atoms with Crippen LogP contribution in [0.15, 0.2) is 24.3 Å². The number of amides is 3. The topological polar surface area (TPSA) is 108 Å². The molecule has 0 aliphatic heterocycles. The van der Waals surface area contributed by atoms with Gasteiger partial charge in [0.1, 0.15) is 0 Å². The van der Waals surface area contributed by atoms with Crippen LogP contribution in [-0.4, -0.2) is 35.6 Å². The minimum absolute atomic E-state index is 0.0138. The number of nitrogens with one attached hydrogen (secondary N) is 3. The van der Waals surface area contributed by atoms with E-state index in [9.17, 15) is 14.4 Å². The Balaban J connectivity index is 2.55. The van der Waals surface area contributed by atoms with Crippen LogP contribution in [0.1, 0.15) is 24.2 Å². The van der Waals surface area contributed by atoms with Crippen molar-refractivity contribution in [3.63, 3.8) is 0 Å². The Kier molecular flexibility index (Phi) is 5.52. The Morgan fingerprint density at radius 3 is 2.45 bits per heavy atom. The molecule has 0 atom stereocenters. The van der Waals surface area contributed by atoms with Gasteiger partial charge in [-0.05, 0) is 26.0 Å². The zero-order valence-corrected chi connectivity index (χ0v) is 11.3. The zero-order valence-electron chi connectivity index (χ0n) is 11.3. The van der Waals surface area contributed by atoms with E-state index in [1.807, 2.05) is 0 Å². The van der Waals surface area contributed by atoms with Gasteiger partial charge in [-0.15, -0.1) is 0 Å². The molecule has 0 unspecified atom stereocenters. The fourth-order valence-electron chi connectivity index (χ4n) is 1.48. The number of carbonyl (C=O) groups is 3. The normalized spacial score (nSPS) is 9.95. The fourth-order valence-corrected chi connectivity index (χ4v) is 1.48. The Labute approximate surface area is 116 Å². The van der Waals surface area contributed by atoms with Gasteiger partial charge >= 0.3 is 12.0 Å². The summed E-state index contributed by atoms with van der Waals surface area (Å²) in [6.07, 6.45) is 0. The maximum absolute atomic E-state index is 11.6. The van der Waals surface area contributed by atoms with E-state index in [1.165, 1.54) is 12.1 Å². The molecule has 3 amide bonds. The van der Waals surface area contributed by atoms with Crippen LogP contribution in [0.4, 0.5) is 10.5 Å². The monoisotopic (exact) mass is 279 g/mol. The van der Waals surface area contributed by atoms with Gasteiger partial charge in [0.25, 0.3) is 0 Å². The number of rotatable bonds is 5. The summed E-state index contributed by atoms with van der Waals surface area (Å²) < 4.78 is 0. The van der Waals surface area contributed by atoms with Crippen LogP contribution in [0.2, 0.25) is 0 Å². The number of carboxylic acids is 1.